The number of carbonyl (C=O) groups excluding carboxylic acids is 2. The van der Waals surface area contributed by atoms with E-state index in [-0.39, 0.29) is 23.7 Å². The lowest BCUT2D eigenvalue weighted by Gasteiger charge is -2.42. The molecule has 1 fully saturated rings. The smallest absolute Gasteiger partial charge is 0.306 e. The van der Waals surface area contributed by atoms with Crippen LogP contribution in [-0.4, -0.2) is 18.9 Å². The van der Waals surface area contributed by atoms with Crippen LogP contribution in [0.5, 0.6) is 0 Å². The average Bonchev–Trinajstić information content (AvgIpc) is 2.35. The maximum absolute atomic E-state index is 12.4. The van der Waals surface area contributed by atoms with Crippen molar-refractivity contribution in [3.8, 4) is 0 Å². The Hall–Kier alpha value is -1.84. The van der Waals surface area contributed by atoms with E-state index < -0.39 is 6.10 Å². The number of esters is 1. The second-order valence-electron chi connectivity index (χ2n) is 5.07. The molecule has 1 aromatic rings. The Bertz CT molecular complexity index is 526. The fraction of sp³-hybridized carbons (Fsp3) is 0.429. The first-order valence-corrected chi connectivity index (χ1v) is 6.15. The highest BCUT2D eigenvalue weighted by molar-refractivity contribution is 5.99. The van der Waals surface area contributed by atoms with Crippen molar-refractivity contribution in [1.82, 2.24) is 0 Å². The largest absolute Gasteiger partial charge is 0.457 e. The zero-order valence-corrected chi connectivity index (χ0v) is 10.4. The summed E-state index contributed by atoms with van der Waals surface area (Å²) in [7, 11) is 1.78. The lowest BCUT2D eigenvalue weighted by atomic mass is 9.77. The maximum Gasteiger partial charge on any atom is 0.306 e. The Labute approximate surface area is 106 Å². The van der Waals surface area contributed by atoms with Gasteiger partial charge < -0.3 is 9.64 Å². The van der Waals surface area contributed by atoms with E-state index in [9.17, 15) is 9.59 Å². The molecule has 2 aliphatic rings. The van der Waals surface area contributed by atoms with Crippen LogP contribution < -0.4 is 4.90 Å². The van der Waals surface area contributed by atoms with Gasteiger partial charge in [0.25, 0.3) is 0 Å². The summed E-state index contributed by atoms with van der Waals surface area (Å²) in [6.07, 6.45) is -0.0933. The van der Waals surface area contributed by atoms with E-state index in [0.717, 1.165) is 11.3 Å². The number of fused-ring (bicyclic) bond motifs is 3. The molecule has 1 saturated heterocycles. The fourth-order valence-corrected chi connectivity index (χ4v) is 2.96. The van der Waals surface area contributed by atoms with Crippen LogP contribution in [0.2, 0.25) is 0 Å². The third kappa shape index (κ3) is 1.45. The van der Waals surface area contributed by atoms with Gasteiger partial charge in [-0.2, -0.15) is 0 Å². The van der Waals surface area contributed by atoms with Crippen molar-refractivity contribution in [2.75, 3.05) is 11.9 Å². The van der Waals surface area contributed by atoms with Gasteiger partial charge in [-0.25, -0.2) is 0 Å². The van der Waals surface area contributed by atoms with Crippen molar-refractivity contribution in [1.29, 1.82) is 0 Å². The highest BCUT2D eigenvalue weighted by atomic mass is 16.5. The third-order valence-corrected chi connectivity index (χ3v) is 3.91. The second kappa shape index (κ2) is 3.83. The lowest BCUT2D eigenvalue weighted by molar-refractivity contribution is -0.166. The second-order valence-corrected chi connectivity index (χ2v) is 5.07. The Morgan fingerprint density at radius 2 is 2.00 bits per heavy atom. The van der Waals surface area contributed by atoms with Crippen molar-refractivity contribution in [2.24, 2.45) is 11.8 Å². The van der Waals surface area contributed by atoms with Crippen molar-refractivity contribution in [3.05, 3.63) is 29.8 Å². The SMILES string of the molecule is CC1CC(=O)OC2c3ccccc3N(C)C(=O)C12. The Morgan fingerprint density at radius 1 is 1.28 bits per heavy atom. The van der Waals surface area contributed by atoms with E-state index in [1.807, 2.05) is 31.2 Å². The molecule has 18 heavy (non-hydrogen) atoms. The number of carbonyl (C=O) groups is 2. The quantitative estimate of drug-likeness (QED) is 0.656. The van der Waals surface area contributed by atoms with Gasteiger partial charge >= 0.3 is 5.97 Å². The van der Waals surface area contributed by atoms with Gasteiger partial charge in [0.05, 0.1) is 11.6 Å². The summed E-state index contributed by atoms with van der Waals surface area (Å²) in [6, 6.07) is 7.61. The van der Waals surface area contributed by atoms with Gasteiger partial charge in [0.2, 0.25) is 5.91 Å². The number of ether oxygens (including phenoxy) is 1. The summed E-state index contributed by atoms with van der Waals surface area (Å²) in [5.41, 5.74) is 1.77. The molecule has 0 spiro atoms. The Balaban J connectivity index is 2.13. The third-order valence-electron chi connectivity index (χ3n) is 3.91. The summed E-state index contributed by atoms with van der Waals surface area (Å²) in [5.74, 6) is -0.392. The van der Waals surface area contributed by atoms with Crippen LogP contribution in [0.4, 0.5) is 5.69 Å². The summed E-state index contributed by atoms with van der Waals surface area (Å²) in [6.45, 7) is 1.94. The van der Waals surface area contributed by atoms with Gasteiger partial charge in [-0.05, 0) is 12.0 Å². The van der Waals surface area contributed by atoms with Gasteiger partial charge in [0.15, 0.2) is 0 Å². The van der Waals surface area contributed by atoms with Crippen LogP contribution in [0.1, 0.15) is 25.0 Å². The normalized spacial score (nSPS) is 30.6. The molecule has 2 heterocycles. The van der Waals surface area contributed by atoms with E-state index in [0.29, 0.717) is 6.42 Å². The minimum Gasteiger partial charge on any atom is -0.457 e. The Morgan fingerprint density at radius 3 is 2.78 bits per heavy atom. The standard InChI is InChI=1S/C14H15NO3/c1-8-7-11(16)18-13-9-5-3-4-6-10(9)15(2)14(17)12(8)13/h3-6,8,12-13H,7H2,1-2H3. The first-order chi connectivity index (χ1) is 8.59. The average molecular weight is 245 g/mol. The summed E-state index contributed by atoms with van der Waals surface area (Å²) < 4.78 is 5.42. The fourth-order valence-electron chi connectivity index (χ4n) is 2.96. The number of anilines is 1. The van der Waals surface area contributed by atoms with E-state index in [1.54, 1.807) is 11.9 Å². The monoisotopic (exact) mass is 245 g/mol. The minimum absolute atomic E-state index is 0.0274. The zero-order chi connectivity index (χ0) is 12.9. The van der Waals surface area contributed by atoms with Crippen LogP contribution in [0.15, 0.2) is 24.3 Å². The number of hydrogen-bond donors (Lipinski definition) is 0. The molecule has 0 bridgehead atoms. The number of hydrogen-bond acceptors (Lipinski definition) is 3. The molecule has 1 amide bonds. The molecule has 3 rings (SSSR count). The molecule has 0 saturated carbocycles. The molecular weight excluding hydrogens is 230 g/mol. The summed E-state index contributed by atoms with van der Waals surface area (Å²) >= 11 is 0. The molecule has 0 aromatic heterocycles. The Kier molecular flexibility index (Phi) is 2.40. The number of rotatable bonds is 0. The molecule has 4 nitrogen and oxygen atoms in total. The highest BCUT2D eigenvalue weighted by Gasteiger charge is 2.47. The van der Waals surface area contributed by atoms with Gasteiger partial charge in [-0.3, -0.25) is 9.59 Å². The minimum atomic E-state index is -0.416. The van der Waals surface area contributed by atoms with Gasteiger partial charge in [-0.15, -0.1) is 0 Å². The highest BCUT2D eigenvalue weighted by Crippen LogP contribution is 2.45. The molecule has 3 unspecified atom stereocenters. The van der Waals surface area contributed by atoms with Crippen molar-refractivity contribution >= 4 is 17.6 Å². The summed E-state index contributed by atoms with van der Waals surface area (Å²) in [5, 5.41) is 0. The van der Waals surface area contributed by atoms with Crippen LogP contribution in [0.25, 0.3) is 0 Å². The molecule has 94 valence electrons. The topological polar surface area (TPSA) is 46.6 Å². The predicted octanol–water partition coefficient (Wildman–Crippen LogP) is 1.90. The molecule has 1 aromatic carbocycles. The van der Waals surface area contributed by atoms with Crippen LogP contribution >= 0.6 is 0 Å². The number of amides is 1. The van der Waals surface area contributed by atoms with E-state index >= 15 is 0 Å². The number of benzene rings is 1. The number of nitrogens with zero attached hydrogens (tertiary/aromatic N) is 1. The molecule has 4 heteroatoms. The lowest BCUT2D eigenvalue weighted by Crippen LogP contribution is -2.47. The van der Waals surface area contributed by atoms with Gasteiger partial charge in [0, 0.05) is 19.0 Å². The molecular formula is C14H15NO3. The van der Waals surface area contributed by atoms with Crippen molar-refractivity contribution in [3.63, 3.8) is 0 Å². The zero-order valence-electron chi connectivity index (χ0n) is 10.4. The first kappa shape index (κ1) is 11.3. The maximum atomic E-state index is 12.4. The van der Waals surface area contributed by atoms with Crippen LogP contribution in [0, 0.1) is 11.8 Å². The van der Waals surface area contributed by atoms with E-state index in [4.69, 9.17) is 4.74 Å². The number of para-hydroxylation sites is 1. The van der Waals surface area contributed by atoms with Gasteiger partial charge in [-0.1, -0.05) is 25.1 Å². The molecule has 0 N–H and O–H groups in total. The van der Waals surface area contributed by atoms with Crippen LogP contribution in [-0.2, 0) is 14.3 Å². The van der Waals surface area contributed by atoms with E-state index in [2.05, 4.69) is 0 Å². The van der Waals surface area contributed by atoms with Crippen molar-refractivity contribution in [2.45, 2.75) is 19.4 Å². The van der Waals surface area contributed by atoms with Crippen molar-refractivity contribution < 1.29 is 14.3 Å². The van der Waals surface area contributed by atoms with Gasteiger partial charge in [0.1, 0.15) is 6.10 Å². The predicted molar refractivity (Wildman–Crippen MR) is 66.0 cm³/mol. The molecule has 0 aliphatic carbocycles. The molecule has 0 radical (unpaired) electrons. The summed E-state index contributed by atoms with van der Waals surface area (Å²) in [4.78, 5) is 25.6. The molecule has 2 aliphatic heterocycles. The molecule has 3 atom stereocenters. The van der Waals surface area contributed by atoms with Crippen LogP contribution in [0.3, 0.4) is 0 Å². The first-order valence-electron chi connectivity index (χ1n) is 6.15. The van der Waals surface area contributed by atoms with E-state index in [1.165, 1.54) is 0 Å².